The van der Waals surface area contributed by atoms with Crippen molar-refractivity contribution in [2.45, 2.75) is 18.9 Å². The van der Waals surface area contributed by atoms with Gasteiger partial charge in [0.2, 0.25) is 0 Å². The van der Waals surface area contributed by atoms with Crippen LogP contribution < -0.4 is 10.9 Å². The highest BCUT2D eigenvalue weighted by atomic mass is 19.1. The Balaban J connectivity index is 1.63. The van der Waals surface area contributed by atoms with Crippen LogP contribution in [0.2, 0.25) is 0 Å². The zero-order valence-electron chi connectivity index (χ0n) is 14.9. The minimum atomic E-state index is -0.538. The number of hydrogen-bond acceptors (Lipinski definition) is 4. The molecule has 1 unspecified atom stereocenters. The van der Waals surface area contributed by atoms with Gasteiger partial charge in [0.05, 0.1) is 16.8 Å². The van der Waals surface area contributed by atoms with E-state index >= 15 is 0 Å². The fraction of sp³-hybridized carbons (Fsp3) is 0.190. The zero-order chi connectivity index (χ0) is 19.5. The summed E-state index contributed by atoms with van der Waals surface area (Å²) in [5.41, 5.74) is 7.08. The van der Waals surface area contributed by atoms with Crippen LogP contribution in [0.5, 0.6) is 0 Å². The summed E-state index contributed by atoms with van der Waals surface area (Å²) < 4.78 is 18.5. The highest BCUT2D eigenvalue weighted by Crippen LogP contribution is 2.25. The lowest BCUT2D eigenvalue weighted by atomic mass is 10.0. The molecule has 2 aromatic carbocycles. The molecule has 0 spiro atoms. The summed E-state index contributed by atoms with van der Waals surface area (Å²) in [5, 5.41) is 0.650. The van der Waals surface area contributed by atoms with Gasteiger partial charge < -0.3 is 4.74 Å². The molecule has 142 valence electrons. The second kappa shape index (κ2) is 7.74. The van der Waals surface area contributed by atoms with Gasteiger partial charge in [-0.3, -0.25) is 20.4 Å². The first-order chi connectivity index (χ1) is 13.6. The largest absolute Gasteiger partial charge is 0.368 e. The molecule has 1 saturated heterocycles. The Hall–Kier alpha value is -3.32. The maximum atomic E-state index is 13.2. The second-order valence-corrected chi connectivity index (χ2v) is 6.52. The van der Waals surface area contributed by atoms with Gasteiger partial charge in [-0.25, -0.2) is 9.37 Å². The van der Waals surface area contributed by atoms with Gasteiger partial charge in [-0.05, 0) is 49.2 Å². The molecule has 2 amide bonds. The number of carbonyl (C=O) groups excluding carboxylic acids is 2. The Labute approximate surface area is 160 Å². The zero-order valence-corrected chi connectivity index (χ0v) is 14.9. The van der Waals surface area contributed by atoms with Gasteiger partial charge in [-0.1, -0.05) is 18.2 Å². The number of fused-ring (bicyclic) bond motifs is 1. The molecule has 1 atom stereocenters. The fourth-order valence-corrected chi connectivity index (χ4v) is 3.18. The van der Waals surface area contributed by atoms with E-state index in [2.05, 4.69) is 15.8 Å². The van der Waals surface area contributed by atoms with E-state index in [1.54, 1.807) is 30.3 Å². The third-order valence-electron chi connectivity index (χ3n) is 4.62. The van der Waals surface area contributed by atoms with E-state index in [1.807, 2.05) is 12.1 Å². The van der Waals surface area contributed by atoms with Gasteiger partial charge in [0.25, 0.3) is 11.8 Å². The highest BCUT2D eigenvalue weighted by Gasteiger charge is 2.24. The molecule has 0 bridgehead atoms. The minimum absolute atomic E-state index is 0.348. The number of ether oxygens (including phenoxy) is 1. The van der Waals surface area contributed by atoms with Crippen molar-refractivity contribution in [3.8, 4) is 11.3 Å². The maximum Gasteiger partial charge on any atom is 0.270 e. The number of rotatable bonds is 3. The van der Waals surface area contributed by atoms with Crippen LogP contribution in [0.4, 0.5) is 4.39 Å². The first-order valence-corrected chi connectivity index (χ1v) is 8.99. The van der Waals surface area contributed by atoms with Crippen LogP contribution in [0, 0.1) is 5.82 Å². The van der Waals surface area contributed by atoms with Crippen LogP contribution in [-0.4, -0.2) is 29.5 Å². The number of carbonyl (C=O) groups is 2. The summed E-state index contributed by atoms with van der Waals surface area (Å²) in [4.78, 5) is 29.4. The summed E-state index contributed by atoms with van der Waals surface area (Å²) in [6, 6.07) is 14.7. The van der Waals surface area contributed by atoms with Crippen molar-refractivity contribution in [2.75, 3.05) is 6.61 Å². The van der Waals surface area contributed by atoms with E-state index in [0.717, 1.165) is 6.42 Å². The molecular weight excluding hydrogens is 361 g/mol. The van der Waals surface area contributed by atoms with Gasteiger partial charge in [0, 0.05) is 17.6 Å². The molecule has 2 heterocycles. The number of hydrogen-bond donors (Lipinski definition) is 2. The van der Waals surface area contributed by atoms with Gasteiger partial charge in [0.15, 0.2) is 0 Å². The van der Waals surface area contributed by atoms with Gasteiger partial charge in [-0.2, -0.15) is 0 Å². The van der Waals surface area contributed by atoms with Crippen molar-refractivity contribution in [1.82, 2.24) is 15.8 Å². The number of para-hydroxylation sites is 1. The van der Waals surface area contributed by atoms with Crippen LogP contribution in [0.3, 0.4) is 0 Å². The van der Waals surface area contributed by atoms with E-state index in [0.29, 0.717) is 40.8 Å². The number of benzene rings is 2. The first kappa shape index (κ1) is 18.1. The van der Waals surface area contributed by atoms with Crippen molar-refractivity contribution in [3.05, 3.63) is 66.0 Å². The molecule has 0 radical (unpaired) electrons. The third-order valence-corrected chi connectivity index (χ3v) is 4.62. The predicted molar refractivity (Wildman–Crippen MR) is 102 cm³/mol. The molecule has 1 aliphatic heterocycles. The third kappa shape index (κ3) is 3.70. The topological polar surface area (TPSA) is 80.3 Å². The molecule has 2 N–H and O–H groups in total. The fourth-order valence-electron chi connectivity index (χ4n) is 3.18. The van der Waals surface area contributed by atoms with Crippen molar-refractivity contribution in [1.29, 1.82) is 0 Å². The van der Waals surface area contributed by atoms with E-state index < -0.39 is 12.0 Å². The summed E-state index contributed by atoms with van der Waals surface area (Å²) >= 11 is 0. The van der Waals surface area contributed by atoms with Crippen molar-refractivity contribution < 1.29 is 18.7 Å². The van der Waals surface area contributed by atoms with Gasteiger partial charge in [0.1, 0.15) is 11.9 Å². The maximum absolute atomic E-state index is 13.2. The number of halogens is 1. The second-order valence-electron chi connectivity index (χ2n) is 6.52. The average Bonchev–Trinajstić information content (AvgIpc) is 3.26. The Kier molecular flexibility index (Phi) is 4.99. The van der Waals surface area contributed by atoms with Crippen LogP contribution >= 0.6 is 0 Å². The molecule has 1 fully saturated rings. The van der Waals surface area contributed by atoms with E-state index in [4.69, 9.17) is 4.74 Å². The number of aromatic nitrogens is 1. The minimum Gasteiger partial charge on any atom is -0.368 e. The molecule has 1 aromatic heterocycles. The molecule has 6 nitrogen and oxygen atoms in total. The Morgan fingerprint density at radius 1 is 1.07 bits per heavy atom. The van der Waals surface area contributed by atoms with Crippen LogP contribution in [-0.2, 0) is 9.53 Å². The Morgan fingerprint density at radius 2 is 1.86 bits per heavy atom. The predicted octanol–water partition coefficient (Wildman–Crippen LogP) is 2.98. The standard InChI is InChI=1S/C21H18FN3O3/c22-14-9-7-13(8-10-14)18-12-16(15-4-1-2-5-17(15)23-18)20(26)24-25-21(27)19-6-3-11-28-19/h1-2,4-5,7-10,12,19H,3,6,11H2,(H,24,26)(H,25,27). The molecule has 28 heavy (non-hydrogen) atoms. The SMILES string of the molecule is O=C(NNC(=O)C1CCCO1)c1cc(-c2ccc(F)cc2)nc2ccccc12. The molecular formula is C21H18FN3O3. The van der Waals surface area contributed by atoms with E-state index in [-0.39, 0.29) is 11.7 Å². The lowest BCUT2D eigenvalue weighted by Gasteiger charge is -2.13. The highest BCUT2D eigenvalue weighted by molar-refractivity contribution is 6.07. The van der Waals surface area contributed by atoms with Crippen LogP contribution in [0.15, 0.2) is 54.6 Å². The molecule has 1 aliphatic rings. The lowest BCUT2D eigenvalue weighted by Crippen LogP contribution is -2.46. The smallest absolute Gasteiger partial charge is 0.270 e. The van der Waals surface area contributed by atoms with Gasteiger partial charge >= 0.3 is 0 Å². The first-order valence-electron chi connectivity index (χ1n) is 8.99. The summed E-state index contributed by atoms with van der Waals surface area (Å²) in [6.45, 7) is 0.544. The van der Waals surface area contributed by atoms with Crippen molar-refractivity contribution in [3.63, 3.8) is 0 Å². The van der Waals surface area contributed by atoms with E-state index in [1.165, 1.54) is 12.1 Å². The number of nitrogens with one attached hydrogen (secondary N) is 2. The number of pyridine rings is 1. The monoisotopic (exact) mass is 379 g/mol. The average molecular weight is 379 g/mol. The lowest BCUT2D eigenvalue weighted by molar-refractivity contribution is -0.130. The van der Waals surface area contributed by atoms with Crippen LogP contribution in [0.1, 0.15) is 23.2 Å². The normalized spacial score (nSPS) is 16.1. The quantitative estimate of drug-likeness (QED) is 0.686. The van der Waals surface area contributed by atoms with Gasteiger partial charge in [-0.15, -0.1) is 0 Å². The Bertz CT molecular complexity index is 1030. The number of nitrogens with zero attached hydrogens (tertiary/aromatic N) is 1. The number of hydrazine groups is 1. The molecule has 3 aromatic rings. The van der Waals surface area contributed by atoms with Crippen molar-refractivity contribution >= 4 is 22.7 Å². The van der Waals surface area contributed by atoms with Crippen molar-refractivity contribution in [2.24, 2.45) is 0 Å². The molecule has 0 saturated carbocycles. The Morgan fingerprint density at radius 3 is 2.61 bits per heavy atom. The summed E-state index contributed by atoms with van der Waals surface area (Å²) in [5.74, 6) is -1.18. The summed E-state index contributed by atoms with van der Waals surface area (Å²) in [6.07, 6.45) is 0.917. The molecule has 4 rings (SSSR count). The van der Waals surface area contributed by atoms with Crippen LogP contribution in [0.25, 0.3) is 22.2 Å². The van der Waals surface area contributed by atoms with E-state index in [9.17, 15) is 14.0 Å². The summed E-state index contributed by atoms with van der Waals surface area (Å²) in [7, 11) is 0. The molecule has 0 aliphatic carbocycles. The number of amides is 2. The molecule has 7 heteroatoms.